The minimum absolute atomic E-state index is 0.263. The summed E-state index contributed by atoms with van der Waals surface area (Å²) in [5.74, 6) is -0.263. The summed E-state index contributed by atoms with van der Waals surface area (Å²) in [6.07, 6.45) is 8.55. The maximum Gasteiger partial charge on any atom is 0.333 e. The van der Waals surface area contributed by atoms with Crippen LogP contribution in [0.1, 0.15) is 58.8 Å². The van der Waals surface area contributed by atoms with Gasteiger partial charge in [0.1, 0.15) is 0 Å². The number of hydrogen-bond acceptors (Lipinski definition) is 2. The topological polar surface area (TPSA) is 26.3 Å². The first kappa shape index (κ1) is 19.2. The molecule has 118 valence electrons. The Morgan fingerprint density at radius 1 is 1.00 bits per heavy atom. The van der Waals surface area contributed by atoms with Crippen LogP contribution in [0.25, 0.3) is 0 Å². The van der Waals surface area contributed by atoms with Crippen molar-refractivity contribution in [1.82, 2.24) is 0 Å². The molecule has 3 heteroatoms. The van der Waals surface area contributed by atoms with E-state index in [9.17, 15) is 4.79 Å². The van der Waals surface area contributed by atoms with E-state index in [1.807, 2.05) is 0 Å². The van der Waals surface area contributed by atoms with Crippen LogP contribution in [-0.2, 0) is 9.53 Å². The minimum Gasteiger partial charge on any atom is -0.462 e. The van der Waals surface area contributed by atoms with Gasteiger partial charge in [-0.25, -0.2) is 4.79 Å². The van der Waals surface area contributed by atoms with Crippen molar-refractivity contribution >= 4 is 5.97 Å². The third kappa shape index (κ3) is 11.0. The largest absolute Gasteiger partial charge is 0.462 e. The lowest BCUT2D eigenvalue weighted by atomic mass is 10.1. The molecule has 0 aliphatic carbocycles. The summed E-state index contributed by atoms with van der Waals surface area (Å²) in [5, 5.41) is 0. The smallest absolute Gasteiger partial charge is 0.333 e. The average molecular weight is 284 g/mol. The van der Waals surface area contributed by atoms with Gasteiger partial charge in [-0.1, -0.05) is 32.8 Å². The van der Waals surface area contributed by atoms with Gasteiger partial charge in [-0.15, -0.1) is 0 Å². The lowest BCUT2D eigenvalue weighted by Crippen LogP contribution is -2.40. The lowest BCUT2D eigenvalue weighted by molar-refractivity contribution is -0.890. The molecule has 0 unspecified atom stereocenters. The first-order valence-corrected chi connectivity index (χ1v) is 8.03. The number of ether oxygens (including phenoxy) is 1. The van der Waals surface area contributed by atoms with E-state index in [0.717, 1.165) is 17.3 Å². The number of quaternary nitrogens is 1. The summed E-state index contributed by atoms with van der Waals surface area (Å²) < 4.78 is 6.21. The van der Waals surface area contributed by atoms with Crippen LogP contribution in [0.5, 0.6) is 0 Å². The SMILES string of the molecule is C=C(C)C(=O)OCCCCCCCC[N+](C)(C)CCC. The number of carbonyl (C=O) groups is 1. The Morgan fingerprint density at radius 2 is 1.55 bits per heavy atom. The zero-order valence-corrected chi connectivity index (χ0v) is 14.0. The van der Waals surface area contributed by atoms with Gasteiger partial charge in [0.2, 0.25) is 0 Å². The van der Waals surface area contributed by atoms with Gasteiger partial charge < -0.3 is 9.22 Å². The zero-order chi connectivity index (χ0) is 15.4. The highest BCUT2D eigenvalue weighted by molar-refractivity contribution is 5.86. The second kappa shape index (κ2) is 10.9. The fourth-order valence-electron chi connectivity index (χ4n) is 2.35. The number of hydrogen-bond donors (Lipinski definition) is 0. The Hall–Kier alpha value is -0.830. The monoisotopic (exact) mass is 284 g/mol. The van der Waals surface area contributed by atoms with E-state index in [0.29, 0.717) is 12.2 Å². The first-order valence-electron chi connectivity index (χ1n) is 8.03. The molecule has 20 heavy (non-hydrogen) atoms. The lowest BCUT2D eigenvalue weighted by Gasteiger charge is -2.29. The molecule has 0 aromatic carbocycles. The van der Waals surface area contributed by atoms with Crippen molar-refractivity contribution in [2.75, 3.05) is 33.8 Å². The third-order valence-electron chi connectivity index (χ3n) is 3.57. The summed E-state index contributed by atoms with van der Waals surface area (Å²) in [5.41, 5.74) is 0.484. The fourth-order valence-corrected chi connectivity index (χ4v) is 2.35. The summed E-state index contributed by atoms with van der Waals surface area (Å²) >= 11 is 0. The number of rotatable bonds is 12. The molecule has 3 nitrogen and oxygen atoms in total. The normalized spacial score (nSPS) is 11.4. The van der Waals surface area contributed by atoms with Gasteiger partial charge in [-0.3, -0.25) is 0 Å². The fraction of sp³-hybridized carbons (Fsp3) is 0.824. The second-order valence-electron chi connectivity index (χ2n) is 6.42. The van der Waals surface area contributed by atoms with E-state index in [1.165, 1.54) is 45.2 Å². The highest BCUT2D eigenvalue weighted by Gasteiger charge is 2.11. The Labute approximate surface area is 125 Å². The molecule has 0 rings (SSSR count). The van der Waals surface area contributed by atoms with E-state index < -0.39 is 0 Å². The second-order valence-corrected chi connectivity index (χ2v) is 6.42. The van der Waals surface area contributed by atoms with E-state index in [2.05, 4.69) is 27.6 Å². The summed E-state index contributed by atoms with van der Waals surface area (Å²) in [6, 6.07) is 0. The Morgan fingerprint density at radius 3 is 2.10 bits per heavy atom. The van der Waals surface area contributed by atoms with Crippen LogP contribution in [0.2, 0.25) is 0 Å². The van der Waals surface area contributed by atoms with Crippen molar-refractivity contribution in [3.05, 3.63) is 12.2 Å². The zero-order valence-electron chi connectivity index (χ0n) is 14.0. The van der Waals surface area contributed by atoms with Crippen LogP contribution in [-0.4, -0.2) is 44.2 Å². The molecule has 0 bridgehead atoms. The van der Waals surface area contributed by atoms with Crippen LogP contribution in [0, 0.1) is 0 Å². The molecular weight excluding hydrogens is 250 g/mol. The molecule has 0 aliphatic rings. The molecule has 0 saturated heterocycles. The Bertz CT molecular complexity index is 285. The predicted molar refractivity (Wildman–Crippen MR) is 85.6 cm³/mol. The number of unbranched alkanes of at least 4 members (excludes halogenated alkanes) is 5. The summed E-state index contributed by atoms with van der Waals surface area (Å²) in [7, 11) is 4.64. The molecule has 0 atom stereocenters. The van der Waals surface area contributed by atoms with Crippen molar-refractivity contribution in [2.45, 2.75) is 58.8 Å². The highest BCUT2D eigenvalue weighted by atomic mass is 16.5. The molecule has 0 spiro atoms. The van der Waals surface area contributed by atoms with Gasteiger partial charge >= 0.3 is 5.97 Å². The summed E-state index contributed by atoms with van der Waals surface area (Å²) in [4.78, 5) is 11.1. The minimum atomic E-state index is -0.263. The van der Waals surface area contributed by atoms with Crippen LogP contribution in [0.4, 0.5) is 0 Å². The van der Waals surface area contributed by atoms with Crippen molar-refractivity contribution < 1.29 is 14.0 Å². The molecule has 0 aromatic heterocycles. The number of esters is 1. The van der Waals surface area contributed by atoms with Gasteiger partial charge in [0.25, 0.3) is 0 Å². The molecule has 0 fully saturated rings. The standard InChI is InChI=1S/C17H34NO2/c1-6-13-18(4,5)14-11-9-7-8-10-12-15-20-17(19)16(2)3/h2,6-15H2,1,3-5H3/q+1. The van der Waals surface area contributed by atoms with Crippen molar-refractivity contribution in [3.8, 4) is 0 Å². The van der Waals surface area contributed by atoms with Crippen LogP contribution in [0.3, 0.4) is 0 Å². The average Bonchev–Trinajstić information content (AvgIpc) is 2.36. The van der Waals surface area contributed by atoms with Gasteiger partial charge in [0, 0.05) is 5.57 Å². The number of carbonyl (C=O) groups excluding carboxylic acids is 1. The molecule has 0 aliphatic heterocycles. The maximum absolute atomic E-state index is 11.1. The van der Waals surface area contributed by atoms with Crippen molar-refractivity contribution in [2.24, 2.45) is 0 Å². The summed E-state index contributed by atoms with van der Waals surface area (Å²) in [6.45, 7) is 10.6. The van der Waals surface area contributed by atoms with E-state index in [4.69, 9.17) is 4.74 Å². The highest BCUT2D eigenvalue weighted by Crippen LogP contribution is 2.09. The Kier molecular flexibility index (Phi) is 10.4. The van der Waals surface area contributed by atoms with E-state index in [-0.39, 0.29) is 5.97 Å². The molecule has 0 amide bonds. The maximum atomic E-state index is 11.1. The van der Waals surface area contributed by atoms with Gasteiger partial charge in [-0.05, 0) is 32.6 Å². The molecular formula is C17H34NO2+. The van der Waals surface area contributed by atoms with E-state index >= 15 is 0 Å². The molecule has 0 saturated carbocycles. The molecule has 0 radical (unpaired) electrons. The molecule has 0 aromatic rings. The molecule has 0 N–H and O–H groups in total. The van der Waals surface area contributed by atoms with Crippen LogP contribution >= 0.6 is 0 Å². The molecule has 0 heterocycles. The number of nitrogens with zero attached hydrogens (tertiary/aromatic N) is 1. The quantitative estimate of drug-likeness (QED) is 0.235. The van der Waals surface area contributed by atoms with Crippen molar-refractivity contribution in [1.29, 1.82) is 0 Å². The van der Waals surface area contributed by atoms with Crippen LogP contribution < -0.4 is 0 Å². The third-order valence-corrected chi connectivity index (χ3v) is 3.57. The van der Waals surface area contributed by atoms with Gasteiger partial charge in [-0.2, -0.15) is 0 Å². The first-order chi connectivity index (χ1) is 9.39. The Balaban J connectivity index is 3.33. The van der Waals surface area contributed by atoms with Gasteiger partial charge in [0.05, 0.1) is 33.8 Å². The predicted octanol–water partition coefficient (Wildman–Crippen LogP) is 3.93. The van der Waals surface area contributed by atoms with Gasteiger partial charge in [0.15, 0.2) is 0 Å². The van der Waals surface area contributed by atoms with E-state index in [1.54, 1.807) is 6.92 Å². The van der Waals surface area contributed by atoms with Crippen molar-refractivity contribution in [3.63, 3.8) is 0 Å². The van der Waals surface area contributed by atoms with Crippen LogP contribution in [0.15, 0.2) is 12.2 Å².